The van der Waals surface area contributed by atoms with Gasteiger partial charge in [0.05, 0.1) is 18.5 Å². The van der Waals surface area contributed by atoms with E-state index in [1.807, 2.05) is 12.3 Å². The molecule has 1 aliphatic carbocycles. The van der Waals surface area contributed by atoms with E-state index < -0.39 is 0 Å². The van der Waals surface area contributed by atoms with Crippen molar-refractivity contribution in [1.29, 1.82) is 0 Å². The fraction of sp³-hybridized carbons (Fsp3) is 0.733. The van der Waals surface area contributed by atoms with Crippen LogP contribution in [0.3, 0.4) is 0 Å². The minimum absolute atomic E-state index is 0.0492. The van der Waals surface area contributed by atoms with Crippen LogP contribution in [0.2, 0.25) is 0 Å². The Kier molecular flexibility index (Phi) is 6.99. The van der Waals surface area contributed by atoms with Crippen molar-refractivity contribution < 1.29 is 9.53 Å². The number of thiazole rings is 1. The third-order valence-electron chi connectivity index (χ3n) is 3.71. The SMILES string of the molecule is Cc1csc(SCC(=O)NCCO[C@@H]2CCCC[C@@H]2C)n1. The highest BCUT2D eigenvalue weighted by Gasteiger charge is 2.21. The van der Waals surface area contributed by atoms with Crippen LogP contribution in [0, 0.1) is 12.8 Å². The Morgan fingerprint density at radius 1 is 1.52 bits per heavy atom. The van der Waals surface area contributed by atoms with Crippen LogP contribution < -0.4 is 5.32 Å². The molecule has 4 nitrogen and oxygen atoms in total. The number of carbonyl (C=O) groups is 1. The lowest BCUT2D eigenvalue weighted by atomic mass is 9.88. The molecule has 0 spiro atoms. The molecule has 1 aromatic rings. The molecule has 118 valence electrons. The fourth-order valence-corrected chi connectivity index (χ4v) is 4.19. The molecule has 0 bridgehead atoms. The summed E-state index contributed by atoms with van der Waals surface area (Å²) in [5.41, 5.74) is 1.01. The van der Waals surface area contributed by atoms with Gasteiger partial charge in [-0.15, -0.1) is 11.3 Å². The number of carbonyl (C=O) groups excluding carboxylic acids is 1. The molecule has 21 heavy (non-hydrogen) atoms. The van der Waals surface area contributed by atoms with Gasteiger partial charge in [-0.1, -0.05) is 31.5 Å². The topological polar surface area (TPSA) is 51.2 Å². The number of amides is 1. The van der Waals surface area contributed by atoms with E-state index in [4.69, 9.17) is 4.74 Å². The number of thioether (sulfide) groups is 1. The van der Waals surface area contributed by atoms with Crippen molar-refractivity contribution in [1.82, 2.24) is 10.3 Å². The van der Waals surface area contributed by atoms with Gasteiger partial charge >= 0.3 is 0 Å². The average Bonchev–Trinajstić information content (AvgIpc) is 2.89. The average molecular weight is 329 g/mol. The Balaban J connectivity index is 1.54. The lowest BCUT2D eigenvalue weighted by Crippen LogP contribution is -2.32. The maximum Gasteiger partial charge on any atom is 0.230 e. The standard InChI is InChI=1S/C15H24N2O2S2/c1-11-5-3-4-6-13(11)19-8-7-16-14(18)10-21-15-17-12(2)9-20-15/h9,11,13H,3-8,10H2,1-2H3,(H,16,18)/t11-,13+/m0/s1. The second-order valence-corrected chi connectivity index (χ2v) is 7.64. The van der Waals surface area contributed by atoms with E-state index in [1.54, 1.807) is 11.3 Å². The maximum absolute atomic E-state index is 11.7. The number of nitrogens with one attached hydrogen (secondary N) is 1. The zero-order valence-electron chi connectivity index (χ0n) is 12.8. The maximum atomic E-state index is 11.7. The Morgan fingerprint density at radius 2 is 2.33 bits per heavy atom. The minimum Gasteiger partial charge on any atom is -0.376 e. The van der Waals surface area contributed by atoms with Crippen molar-refractivity contribution in [3.63, 3.8) is 0 Å². The molecule has 6 heteroatoms. The van der Waals surface area contributed by atoms with E-state index in [1.165, 1.54) is 31.0 Å². The normalized spacial score (nSPS) is 22.2. The predicted molar refractivity (Wildman–Crippen MR) is 88.0 cm³/mol. The molecule has 0 aromatic carbocycles. The van der Waals surface area contributed by atoms with Crippen LogP contribution >= 0.6 is 23.1 Å². The largest absolute Gasteiger partial charge is 0.376 e. The van der Waals surface area contributed by atoms with E-state index in [-0.39, 0.29) is 5.91 Å². The highest BCUT2D eigenvalue weighted by atomic mass is 32.2. The molecule has 0 radical (unpaired) electrons. The number of hydrogen-bond acceptors (Lipinski definition) is 5. The molecular formula is C15H24N2O2S2. The molecule has 1 fully saturated rings. The molecule has 0 saturated heterocycles. The number of aromatic nitrogens is 1. The van der Waals surface area contributed by atoms with Crippen LogP contribution in [0.1, 0.15) is 38.3 Å². The monoisotopic (exact) mass is 328 g/mol. The van der Waals surface area contributed by atoms with Gasteiger partial charge < -0.3 is 10.1 Å². The quantitative estimate of drug-likeness (QED) is 0.616. The van der Waals surface area contributed by atoms with Gasteiger partial charge in [0.2, 0.25) is 5.91 Å². The first kappa shape index (κ1) is 16.8. The highest BCUT2D eigenvalue weighted by molar-refractivity contribution is 8.01. The van der Waals surface area contributed by atoms with E-state index in [0.717, 1.165) is 16.5 Å². The predicted octanol–water partition coefficient (Wildman–Crippen LogP) is 3.26. The van der Waals surface area contributed by atoms with Gasteiger partial charge in [-0.25, -0.2) is 4.98 Å². The van der Waals surface area contributed by atoms with E-state index in [9.17, 15) is 4.79 Å². The van der Waals surface area contributed by atoms with Gasteiger partial charge in [0.15, 0.2) is 4.34 Å². The second kappa shape index (κ2) is 8.76. The van der Waals surface area contributed by atoms with E-state index >= 15 is 0 Å². The summed E-state index contributed by atoms with van der Waals surface area (Å²) in [4.78, 5) is 16.1. The molecule has 1 aromatic heterocycles. The first-order valence-electron chi connectivity index (χ1n) is 7.58. The number of rotatable bonds is 7. The summed E-state index contributed by atoms with van der Waals surface area (Å²) in [6.45, 7) is 5.43. The number of aryl methyl sites for hydroxylation is 1. The van der Waals surface area contributed by atoms with Crippen LogP contribution in [-0.4, -0.2) is 35.9 Å². The minimum atomic E-state index is 0.0492. The zero-order valence-corrected chi connectivity index (χ0v) is 14.4. The molecule has 1 amide bonds. The fourth-order valence-electron chi connectivity index (χ4n) is 2.51. The van der Waals surface area contributed by atoms with Crippen LogP contribution in [0.5, 0.6) is 0 Å². The van der Waals surface area contributed by atoms with Gasteiger partial charge in [-0.05, 0) is 25.7 Å². The Hall–Kier alpha value is -0.590. The Morgan fingerprint density at radius 3 is 3.05 bits per heavy atom. The number of ether oxygens (including phenoxy) is 1. The van der Waals surface area contributed by atoms with E-state index in [2.05, 4.69) is 17.2 Å². The van der Waals surface area contributed by atoms with Crippen molar-refractivity contribution in [2.24, 2.45) is 5.92 Å². The molecule has 0 unspecified atom stereocenters. The van der Waals surface area contributed by atoms with Crippen molar-refractivity contribution in [3.05, 3.63) is 11.1 Å². The molecule has 1 saturated carbocycles. The van der Waals surface area contributed by atoms with Gasteiger partial charge in [-0.3, -0.25) is 4.79 Å². The van der Waals surface area contributed by atoms with Gasteiger partial charge in [0.25, 0.3) is 0 Å². The zero-order chi connectivity index (χ0) is 15.1. The lowest BCUT2D eigenvalue weighted by Gasteiger charge is -2.28. The van der Waals surface area contributed by atoms with Gasteiger partial charge in [0.1, 0.15) is 0 Å². The van der Waals surface area contributed by atoms with Crippen molar-refractivity contribution in [2.45, 2.75) is 50.0 Å². The second-order valence-electron chi connectivity index (χ2n) is 5.56. The van der Waals surface area contributed by atoms with Crippen LogP contribution in [0.4, 0.5) is 0 Å². The van der Waals surface area contributed by atoms with Gasteiger partial charge in [0, 0.05) is 17.6 Å². The van der Waals surface area contributed by atoms with Crippen molar-refractivity contribution in [2.75, 3.05) is 18.9 Å². The number of hydrogen-bond donors (Lipinski definition) is 1. The molecular weight excluding hydrogens is 304 g/mol. The molecule has 2 atom stereocenters. The van der Waals surface area contributed by atoms with Gasteiger partial charge in [-0.2, -0.15) is 0 Å². The van der Waals surface area contributed by atoms with Crippen LogP contribution in [0.15, 0.2) is 9.72 Å². The molecule has 1 heterocycles. The summed E-state index contributed by atoms with van der Waals surface area (Å²) in [5, 5.41) is 4.91. The van der Waals surface area contributed by atoms with Crippen molar-refractivity contribution >= 4 is 29.0 Å². The molecule has 0 aliphatic heterocycles. The molecule has 2 rings (SSSR count). The van der Waals surface area contributed by atoms with Crippen LogP contribution in [0.25, 0.3) is 0 Å². The molecule has 1 aliphatic rings. The molecule has 1 N–H and O–H groups in total. The summed E-state index contributed by atoms with van der Waals surface area (Å²) in [6.07, 6.45) is 5.40. The summed E-state index contributed by atoms with van der Waals surface area (Å²) < 4.78 is 6.83. The van der Waals surface area contributed by atoms with Crippen molar-refractivity contribution in [3.8, 4) is 0 Å². The highest BCUT2D eigenvalue weighted by Crippen LogP contribution is 2.26. The number of nitrogens with zero attached hydrogens (tertiary/aromatic N) is 1. The first-order chi connectivity index (χ1) is 10.1. The Labute approximate surface area is 135 Å². The first-order valence-corrected chi connectivity index (χ1v) is 9.45. The smallest absolute Gasteiger partial charge is 0.230 e. The Bertz CT molecular complexity index is 451. The summed E-state index contributed by atoms with van der Waals surface area (Å²) in [7, 11) is 0. The lowest BCUT2D eigenvalue weighted by molar-refractivity contribution is -0.119. The third kappa shape index (κ3) is 5.96. The van der Waals surface area contributed by atoms with E-state index in [0.29, 0.717) is 30.9 Å². The van der Waals surface area contributed by atoms with Crippen LogP contribution in [-0.2, 0) is 9.53 Å². The summed E-state index contributed by atoms with van der Waals surface area (Å²) in [5.74, 6) is 1.12. The summed E-state index contributed by atoms with van der Waals surface area (Å²) >= 11 is 3.08. The summed E-state index contributed by atoms with van der Waals surface area (Å²) in [6, 6.07) is 0. The third-order valence-corrected chi connectivity index (χ3v) is 5.85.